The molecule has 0 bridgehead atoms. The molecule has 29 heavy (non-hydrogen) atoms. The molecular weight excluding hydrogens is 392 g/mol. The van der Waals surface area contributed by atoms with Gasteiger partial charge in [0.15, 0.2) is 0 Å². The Morgan fingerprint density at radius 2 is 1.79 bits per heavy atom. The van der Waals surface area contributed by atoms with E-state index in [1.807, 2.05) is 30.3 Å². The Kier molecular flexibility index (Phi) is 6.45. The van der Waals surface area contributed by atoms with Gasteiger partial charge in [-0.2, -0.15) is 0 Å². The van der Waals surface area contributed by atoms with Gasteiger partial charge in [-0.15, -0.1) is 5.10 Å². The number of hydrogen-bond donors (Lipinski definition) is 2. The number of nitrogens with zero attached hydrogens (tertiary/aromatic N) is 4. The number of nitrogens with one attached hydrogen (secondary N) is 2. The number of urea groups is 1. The van der Waals surface area contributed by atoms with Gasteiger partial charge < -0.3 is 10.6 Å². The predicted molar refractivity (Wildman–Crippen MR) is 110 cm³/mol. The molecule has 154 valence electrons. The second kappa shape index (κ2) is 9.01. The van der Waals surface area contributed by atoms with Crippen molar-refractivity contribution in [2.24, 2.45) is 0 Å². The maximum absolute atomic E-state index is 12.2. The van der Waals surface area contributed by atoms with Gasteiger partial charge >= 0.3 is 6.03 Å². The largest absolute Gasteiger partial charge is 0.338 e. The molecule has 1 heterocycles. The maximum Gasteiger partial charge on any atom is 0.314 e. The first-order valence-electron chi connectivity index (χ1n) is 9.19. The molecule has 10 heteroatoms. The minimum atomic E-state index is -3.53. The topological polar surface area (TPSA) is 109 Å². The Bertz CT molecular complexity index is 1080. The zero-order valence-corrected chi connectivity index (χ0v) is 17.2. The molecule has 9 nitrogen and oxygen atoms in total. The van der Waals surface area contributed by atoms with E-state index >= 15 is 0 Å². The third kappa shape index (κ3) is 5.09. The highest BCUT2D eigenvalue weighted by Crippen LogP contribution is 2.19. The molecule has 1 aromatic heterocycles. The molecule has 2 aromatic carbocycles. The zero-order chi connectivity index (χ0) is 20.9. The van der Waals surface area contributed by atoms with Crippen LogP contribution in [0.25, 0.3) is 11.0 Å². The number of hydrogen-bond acceptors (Lipinski definition) is 5. The lowest BCUT2D eigenvalue weighted by Crippen LogP contribution is -2.38. The van der Waals surface area contributed by atoms with E-state index in [1.54, 1.807) is 10.7 Å². The van der Waals surface area contributed by atoms with Crippen LogP contribution in [-0.2, 0) is 23.0 Å². The van der Waals surface area contributed by atoms with Crippen molar-refractivity contribution >= 4 is 27.1 Å². The van der Waals surface area contributed by atoms with Crippen molar-refractivity contribution in [1.29, 1.82) is 0 Å². The van der Waals surface area contributed by atoms with E-state index in [1.165, 1.54) is 26.2 Å². The van der Waals surface area contributed by atoms with Crippen LogP contribution in [0.5, 0.6) is 0 Å². The molecule has 3 rings (SSSR count). The van der Waals surface area contributed by atoms with Gasteiger partial charge in [-0.3, -0.25) is 0 Å². The average Bonchev–Trinajstić information content (AvgIpc) is 3.11. The van der Waals surface area contributed by atoms with Crippen molar-refractivity contribution in [1.82, 2.24) is 29.9 Å². The Hall–Kier alpha value is -2.98. The maximum atomic E-state index is 12.2. The molecule has 0 saturated carbocycles. The van der Waals surface area contributed by atoms with Gasteiger partial charge in [0.25, 0.3) is 0 Å². The van der Waals surface area contributed by atoms with Gasteiger partial charge in [0, 0.05) is 27.2 Å². The molecule has 0 radical (unpaired) electrons. The first-order chi connectivity index (χ1) is 13.9. The van der Waals surface area contributed by atoms with Crippen LogP contribution < -0.4 is 10.6 Å². The molecule has 0 aliphatic rings. The van der Waals surface area contributed by atoms with Crippen LogP contribution in [0.4, 0.5) is 4.79 Å². The minimum Gasteiger partial charge on any atom is -0.338 e. The number of benzene rings is 2. The van der Waals surface area contributed by atoms with Crippen molar-refractivity contribution < 1.29 is 13.2 Å². The van der Waals surface area contributed by atoms with E-state index in [0.717, 1.165) is 16.3 Å². The lowest BCUT2D eigenvalue weighted by Gasteiger charge is -2.11. The normalized spacial score (nSPS) is 11.7. The van der Waals surface area contributed by atoms with Crippen molar-refractivity contribution in [3.63, 3.8) is 0 Å². The Morgan fingerprint density at radius 3 is 2.52 bits per heavy atom. The Labute approximate surface area is 169 Å². The van der Waals surface area contributed by atoms with E-state index < -0.39 is 10.0 Å². The lowest BCUT2D eigenvalue weighted by molar-refractivity contribution is 0.240. The summed E-state index contributed by atoms with van der Waals surface area (Å²) in [5.74, 6) is 0. The molecule has 3 aromatic rings. The number of carbonyl (C=O) groups is 1. The van der Waals surface area contributed by atoms with Crippen LogP contribution in [0, 0.1) is 0 Å². The smallest absolute Gasteiger partial charge is 0.314 e. The molecular formula is C19H24N6O3S. The third-order valence-electron chi connectivity index (χ3n) is 4.42. The fraction of sp³-hybridized carbons (Fsp3) is 0.316. The summed E-state index contributed by atoms with van der Waals surface area (Å²) in [6.07, 6.45) is 0.764. The fourth-order valence-electron chi connectivity index (χ4n) is 2.79. The molecule has 0 fully saturated rings. The van der Waals surface area contributed by atoms with Gasteiger partial charge in [0.2, 0.25) is 10.0 Å². The second-order valence-electron chi connectivity index (χ2n) is 6.67. The fourth-order valence-corrected chi connectivity index (χ4v) is 3.71. The van der Waals surface area contributed by atoms with E-state index in [2.05, 4.69) is 20.9 Å². The summed E-state index contributed by atoms with van der Waals surface area (Å²) in [4.78, 5) is 12.1. The van der Waals surface area contributed by atoms with E-state index in [0.29, 0.717) is 30.7 Å². The van der Waals surface area contributed by atoms with Crippen LogP contribution in [0.2, 0.25) is 0 Å². The lowest BCUT2D eigenvalue weighted by atomic mass is 10.1. The molecule has 0 spiro atoms. The number of amides is 2. The highest BCUT2D eigenvalue weighted by molar-refractivity contribution is 7.89. The molecule has 0 saturated heterocycles. The number of rotatable bonds is 8. The van der Waals surface area contributed by atoms with Crippen LogP contribution in [0.15, 0.2) is 53.4 Å². The SMILES string of the molecule is CN(C)S(=O)(=O)c1ccc2c(c1)nnn2CCNC(=O)NCCc1ccccc1. The van der Waals surface area contributed by atoms with Crippen LogP contribution >= 0.6 is 0 Å². The van der Waals surface area contributed by atoms with Gasteiger partial charge in [0.1, 0.15) is 5.52 Å². The monoisotopic (exact) mass is 416 g/mol. The van der Waals surface area contributed by atoms with Crippen molar-refractivity contribution in [3.05, 3.63) is 54.1 Å². The summed E-state index contributed by atoms with van der Waals surface area (Å²) in [6.45, 7) is 1.33. The van der Waals surface area contributed by atoms with Crippen LogP contribution in [-0.4, -0.2) is 60.9 Å². The van der Waals surface area contributed by atoms with Crippen molar-refractivity contribution in [3.8, 4) is 0 Å². The predicted octanol–water partition coefficient (Wildman–Crippen LogP) is 1.22. The van der Waals surface area contributed by atoms with E-state index in [-0.39, 0.29) is 10.9 Å². The Morgan fingerprint density at radius 1 is 1.07 bits per heavy atom. The minimum absolute atomic E-state index is 0.165. The zero-order valence-electron chi connectivity index (χ0n) is 16.4. The molecule has 2 N–H and O–H groups in total. The molecule has 0 aliphatic carbocycles. The van der Waals surface area contributed by atoms with Crippen molar-refractivity contribution in [2.75, 3.05) is 27.2 Å². The molecule has 0 aliphatic heterocycles. The third-order valence-corrected chi connectivity index (χ3v) is 6.23. The summed E-state index contributed by atoms with van der Waals surface area (Å²) >= 11 is 0. The summed E-state index contributed by atoms with van der Waals surface area (Å²) in [5.41, 5.74) is 2.35. The van der Waals surface area contributed by atoms with Crippen LogP contribution in [0.3, 0.4) is 0 Å². The highest BCUT2D eigenvalue weighted by Gasteiger charge is 2.18. The Balaban J connectivity index is 1.51. The molecule has 2 amide bonds. The standard InChI is InChI=1S/C19H24N6O3S/c1-24(2)29(27,28)16-8-9-18-17(14-16)22-23-25(18)13-12-21-19(26)20-11-10-15-6-4-3-5-7-15/h3-9,14H,10-13H2,1-2H3,(H2,20,21,26). The van der Waals surface area contributed by atoms with Crippen molar-refractivity contribution in [2.45, 2.75) is 17.9 Å². The average molecular weight is 417 g/mol. The number of carbonyl (C=O) groups excluding carboxylic acids is 1. The van der Waals surface area contributed by atoms with Gasteiger partial charge in [-0.25, -0.2) is 22.2 Å². The van der Waals surface area contributed by atoms with Gasteiger partial charge in [-0.05, 0) is 30.2 Å². The second-order valence-corrected chi connectivity index (χ2v) is 8.82. The number of fused-ring (bicyclic) bond motifs is 1. The first-order valence-corrected chi connectivity index (χ1v) is 10.6. The first kappa shape index (κ1) is 20.7. The highest BCUT2D eigenvalue weighted by atomic mass is 32.2. The van der Waals surface area contributed by atoms with Gasteiger partial charge in [-0.1, -0.05) is 35.5 Å². The van der Waals surface area contributed by atoms with E-state index in [4.69, 9.17) is 0 Å². The quantitative estimate of drug-likeness (QED) is 0.574. The van der Waals surface area contributed by atoms with Gasteiger partial charge in [0.05, 0.1) is 17.0 Å². The number of sulfonamides is 1. The summed E-state index contributed by atoms with van der Waals surface area (Å²) in [7, 11) is -0.567. The summed E-state index contributed by atoms with van der Waals surface area (Å²) in [6, 6.07) is 14.4. The molecule has 0 unspecified atom stereocenters. The molecule has 0 atom stereocenters. The summed E-state index contributed by atoms with van der Waals surface area (Å²) < 4.78 is 27.2. The summed E-state index contributed by atoms with van der Waals surface area (Å²) in [5, 5.41) is 13.7. The van der Waals surface area contributed by atoms with E-state index in [9.17, 15) is 13.2 Å². The van der Waals surface area contributed by atoms with Crippen LogP contribution in [0.1, 0.15) is 5.56 Å². The number of aromatic nitrogens is 3.